The molecule has 2 aliphatic rings. The van der Waals surface area contributed by atoms with Crippen molar-refractivity contribution in [2.75, 3.05) is 18.0 Å². The topological polar surface area (TPSA) is 72.9 Å². The van der Waals surface area contributed by atoms with E-state index in [1.165, 1.54) is 16.8 Å². The fourth-order valence-electron chi connectivity index (χ4n) is 3.52. The highest BCUT2D eigenvalue weighted by Crippen LogP contribution is 2.28. The summed E-state index contributed by atoms with van der Waals surface area (Å²) in [6.07, 6.45) is -0.0924. The normalized spacial score (nSPS) is 19.5. The van der Waals surface area contributed by atoms with Crippen LogP contribution >= 0.6 is 0 Å². The largest absolute Gasteiger partial charge is 0.381 e. The maximum absolute atomic E-state index is 12.0. The first kappa shape index (κ1) is 16.6. The Balaban J connectivity index is 1.43. The summed E-state index contributed by atoms with van der Waals surface area (Å²) in [5.74, 6) is -0.550. The highest BCUT2D eigenvalue weighted by atomic mass is 16.3. The van der Waals surface area contributed by atoms with E-state index in [0.717, 1.165) is 30.0 Å². The third-order valence-corrected chi connectivity index (χ3v) is 4.96. The minimum atomic E-state index is -1.16. The van der Waals surface area contributed by atoms with Crippen LogP contribution in [0, 0.1) is 0 Å². The van der Waals surface area contributed by atoms with Crippen LogP contribution < -0.4 is 10.2 Å². The maximum Gasteiger partial charge on any atom is 0.324 e. The fourth-order valence-corrected chi connectivity index (χ4v) is 3.52. The van der Waals surface area contributed by atoms with Gasteiger partial charge in [0.25, 0.3) is 5.91 Å². The third-order valence-electron chi connectivity index (χ3n) is 4.96. The molecule has 134 valence electrons. The van der Waals surface area contributed by atoms with Crippen LogP contribution in [0.1, 0.15) is 16.7 Å². The number of nitrogens with one attached hydrogen (secondary N) is 1. The van der Waals surface area contributed by atoms with Crippen molar-refractivity contribution >= 4 is 17.6 Å². The van der Waals surface area contributed by atoms with Crippen LogP contribution in [-0.4, -0.2) is 41.1 Å². The molecule has 26 heavy (non-hydrogen) atoms. The lowest BCUT2D eigenvalue weighted by atomic mass is 10.1. The average Bonchev–Trinajstić information content (AvgIpc) is 3.06. The van der Waals surface area contributed by atoms with Gasteiger partial charge in [-0.3, -0.25) is 9.69 Å². The summed E-state index contributed by atoms with van der Waals surface area (Å²) in [7, 11) is 0. The Morgan fingerprint density at radius 1 is 1.00 bits per heavy atom. The van der Waals surface area contributed by atoms with Crippen LogP contribution in [0.15, 0.2) is 48.5 Å². The van der Waals surface area contributed by atoms with Gasteiger partial charge in [-0.25, -0.2) is 4.79 Å². The smallest absolute Gasteiger partial charge is 0.324 e. The third kappa shape index (κ3) is 3.15. The molecule has 0 saturated carbocycles. The molecule has 2 aromatic rings. The number of urea groups is 1. The number of fused-ring (bicyclic) bond motifs is 1. The van der Waals surface area contributed by atoms with Crippen LogP contribution in [0.5, 0.6) is 0 Å². The van der Waals surface area contributed by atoms with Gasteiger partial charge in [0.2, 0.25) is 0 Å². The molecule has 2 aliphatic heterocycles. The summed E-state index contributed by atoms with van der Waals surface area (Å²) < 4.78 is 0. The minimum absolute atomic E-state index is 0.0234. The number of anilines is 1. The van der Waals surface area contributed by atoms with Crippen molar-refractivity contribution in [3.8, 4) is 0 Å². The van der Waals surface area contributed by atoms with Crippen LogP contribution in [0.25, 0.3) is 0 Å². The lowest BCUT2D eigenvalue weighted by Crippen LogP contribution is -2.56. The fraction of sp³-hybridized carbons (Fsp3) is 0.300. The molecular formula is C20H21N3O3. The molecule has 6 heteroatoms. The summed E-state index contributed by atoms with van der Waals surface area (Å²) in [5.41, 5.74) is 4.71. The standard InChI is InChI=1S/C20H21N3O3/c24-18-11-21-20(26)23(19(18)25)13-15-7-5-14(6-8-15)12-22-10-9-16-3-1-2-4-17(16)22/h1-8,18,24H,9-13H2,(H,21,26)/t18-/m0/s1. The van der Waals surface area contributed by atoms with Crippen molar-refractivity contribution in [1.82, 2.24) is 10.2 Å². The van der Waals surface area contributed by atoms with Crippen LogP contribution in [0.3, 0.4) is 0 Å². The Hall–Kier alpha value is -2.86. The Bertz CT molecular complexity index is 834. The number of rotatable bonds is 4. The van der Waals surface area contributed by atoms with Gasteiger partial charge in [0, 0.05) is 18.8 Å². The SMILES string of the molecule is O=C1NC[C@H](O)C(=O)N1Cc1ccc(CN2CCc3ccccc32)cc1. The summed E-state index contributed by atoms with van der Waals surface area (Å²) >= 11 is 0. The van der Waals surface area contributed by atoms with Gasteiger partial charge in [-0.1, -0.05) is 42.5 Å². The second-order valence-electron chi connectivity index (χ2n) is 6.74. The number of hydrogen-bond acceptors (Lipinski definition) is 4. The average molecular weight is 351 g/mol. The van der Waals surface area contributed by atoms with E-state index in [2.05, 4.69) is 34.5 Å². The number of para-hydroxylation sites is 1. The molecule has 0 spiro atoms. The van der Waals surface area contributed by atoms with E-state index in [1.807, 2.05) is 24.3 Å². The lowest BCUT2D eigenvalue weighted by molar-refractivity contribution is -0.139. The van der Waals surface area contributed by atoms with E-state index < -0.39 is 18.0 Å². The molecule has 0 unspecified atom stereocenters. The van der Waals surface area contributed by atoms with E-state index in [9.17, 15) is 14.7 Å². The van der Waals surface area contributed by atoms with E-state index in [1.54, 1.807) is 0 Å². The van der Waals surface area contributed by atoms with Gasteiger partial charge >= 0.3 is 6.03 Å². The highest BCUT2D eigenvalue weighted by Gasteiger charge is 2.32. The van der Waals surface area contributed by atoms with Gasteiger partial charge in [-0.05, 0) is 29.2 Å². The van der Waals surface area contributed by atoms with Crippen LogP contribution in [0.4, 0.5) is 10.5 Å². The number of carbonyl (C=O) groups excluding carboxylic acids is 2. The second kappa shape index (κ2) is 6.80. The highest BCUT2D eigenvalue weighted by molar-refractivity contribution is 5.99. The minimum Gasteiger partial charge on any atom is -0.381 e. The quantitative estimate of drug-likeness (QED) is 0.879. The number of β-amino-alcohol motifs (C(OH)–C–C–N with tert-alkyl or cyclic N) is 1. The molecule has 0 bridgehead atoms. The van der Waals surface area contributed by atoms with Crippen LogP contribution in [-0.2, 0) is 24.3 Å². The first-order valence-electron chi connectivity index (χ1n) is 8.80. The van der Waals surface area contributed by atoms with Gasteiger partial charge in [-0.15, -0.1) is 0 Å². The molecule has 1 fully saturated rings. The number of aliphatic hydroxyl groups excluding tert-OH is 1. The van der Waals surface area contributed by atoms with Crippen molar-refractivity contribution in [2.24, 2.45) is 0 Å². The molecule has 2 N–H and O–H groups in total. The Morgan fingerprint density at radius 2 is 1.69 bits per heavy atom. The molecular weight excluding hydrogens is 330 g/mol. The summed E-state index contributed by atoms with van der Waals surface area (Å²) in [6.45, 7) is 1.99. The predicted molar refractivity (Wildman–Crippen MR) is 97.6 cm³/mol. The molecule has 4 rings (SSSR count). The second-order valence-corrected chi connectivity index (χ2v) is 6.74. The van der Waals surface area contributed by atoms with Crippen molar-refractivity contribution in [3.05, 3.63) is 65.2 Å². The van der Waals surface area contributed by atoms with E-state index in [0.29, 0.717) is 0 Å². The molecule has 0 aromatic heterocycles. The first-order chi connectivity index (χ1) is 12.6. The number of hydrogen-bond donors (Lipinski definition) is 2. The van der Waals surface area contributed by atoms with E-state index in [-0.39, 0.29) is 13.1 Å². The number of amides is 3. The Labute approximate surface area is 152 Å². The van der Waals surface area contributed by atoms with Gasteiger partial charge < -0.3 is 15.3 Å². The predicted octanol–water partition coefficient (Wildman–Crippen LogP) is 1.66. The van der Waals surface area contributed by atoms with Crippen LogP contribution in [0.2, 0.25) is 0 Å². The van der Waals surface area contributed by atoms with Crippen molar-refractivity contribution < 1.29 is 14.7 Å². The number of aliphatic hydroxyl groups is 1. The molecule has 0 aliphatic carbocycles. The molecule has 2 aromatic carbocycles. The van der Waals surface area contributed by atoms with E-state index >= 15 is 0 Å². The van der Waals surface area contributed by atoms with E-state index in [4.69, 9.17) is 0 Å². The maximum atomic E-state index is 12.0. The molecule has 0 radical (unpaired) electrons. The van der Waals surface area contributed by atoms with Crippen molar-refractivity contribution in [1.29, 1.82) is 0 Å². The number of benzene rings is 2. The summed E-state index contributed by atoms with van der Waals surface area (Å²) in [5, 5.41) is 12.1. The molecule has 3 amide bonds. The summed E-state index contributed by atoms with van der Waals surface area (Å²) in [6, 6.07) is 15.9. The van der Waals surface area contributed by atoms with Gasteiger partial charge in [-0.2, -0.15) is 0 Å². The van der Waals surface area contributed by atoms with Gasteiger partial charge in [0.05, 0.1) is 13.1 Å². The number of imide groups is 1. The zero-order valence-electron chi connectivity index (χ0n) is 14.4. The number of carbonyl (C=O) groups is 2. The number of nitrogens with zero attached hydrogens (tertiary/aromatic N) is 2. The first-order valence-corrected chi connectivity index (χ1v) is 8.80. The molecule has 2 heterocycles. The van der Waals surface area contributed by atoms with Gasteiger partial charge in [0.15, 0.2) is 6.10 Å². The lowest BCUT2D eigenvalue weighted by Gasteiger charge is -2.28. The monoisotopic (exact) mass is 351 g/mol. The molecule has 6 nitrogen and oxygen atoms in total. The zero-order valence-corrected chi connectivity index (χ0v) is 14.4. The summed E-state index contributed by atoms with van der Waals surface area (Å²) in [4.78, 5) is 27.2. The zero-order chi connectivity index (χ0) is 18.1. The molecule has 1 saturated heterocycles. The Morgan fingerprint density at radius 3 is 2.46 bits per heavy atom. The Kier molecular flexibility index (Phi) is 4.34. The van der Waals surface area contributed by atoms with Crippen molar-refractivity contribution in [2.45, 2.75) is 25.6 Å². The molecule has 1 atom stereocenters. The van der Waals surface area contributed by atoms with Crippen molar-refractivity contribution in [3.63, 3.8) is 0 Å². The van der Waals surface area contributed by atoms with Gasteiger partial charge in [0.1, 0.15) is 0 Å².